The molecule has 2 aliphatic carbocycles. The van der Waals surface area contributed by atoms with Crippen LogP contribution in [0.1, 0.15) is 40.0 Å². The second kappa shape index (κ2) is 6.43. The predicted octanol–water partition coefficient (Wildman–Crippen LogP) is 4.11. The smallest absolute Gasteiger partial charge is 0.250 e. The largest absolute Gasteiger partial charge is 0.497 e. The average Bonchev–Trinajstić information content (AvgIpc) is 2.91. The van der Waals surface area contributed by atoms with Crippen LogP contribution >= 0.6 is 11.8 Å². The van der Waals surface area contributed by atoms with Crippen LogP contribution in [0.4, 0.5) is 0 Å². The number of hydrazone groups is 1. The fourth-order valence-corrected chi connectivity index (χ4v) is 4.77. The minimum atomic E-state index is -0.0486. The summed E-state index contributed by atoms with van der Waals surface area (Å²) in [4.78, 5) is 13.2. The number of carbonyl (C=O) groups is 1. The summed E-state index contributed by atoms with van der Waals surface area (Å²) >= 11 is 1.51. The van der Waals surface area contributed by atoms with Gasteiger partial charge in [0.1, 0.15) is 5.75 Å². The van der Waals surface area contributed by atoms with Crippen molar-refractivity contribution >= 4 is 23.4 Å². The highest BCUT2D eigenvalue weighted by molar-refractivity contribution is 8.00. The molecular formula is C19H26N2O2S. The summed E-state index contributed by atoms with van der Waals surface area (Å²) < 4.78 is 5.13. The second-order valence-corrected chi connectivity index (χ2v) is 8.60. The Hall–Kier alpha value is -1.49. The topological polar surface area (TPSA) is 50.7 Å². The Kier molecular flexibility index (Phi) is 4.65. The lowest BCUT2D eigenvalue weighted by Crippen LogP contribution is -2.34. The zero-order valence-electron chi connectivity index (χ0n) is 14.9. The molecule has 0 heterocycles. The molecule has 2 bridgehead atoms. The van der Waals surface area contributed by atoms with Crippen molar-refractivity contribution in [1.29, 1.82) is 0 Å². The number of nitrogens with zero attached hydrogens (tertiary/aromatic N) is 1. The van der Waals surface area contributed by atoms with Gasteiger partial charge < -0.3 is 4.74 Å². The minimum Gasteiger partial charge on any atom is -0.497 e. The summed E-state index contributed by atoms with van der Waals surface area (Å²) in [6.45, 7) is 6.99. The highest BCUT2D eigenvalue weighted by atomic mass is 32.2. The summed E-state index contributed by atoms with van der Waals surface area (Å²) in [5.41, 5.74) is 4.36. The van der Waals surface area contributed by atoms with E-state index in [0.29, 0.717) is 11.7 Å². The fraction of sp³-hybridized carbons (Fsp3) is 0.579. The van der Waals surface area contributed by atoms with Gasteiger partial charge in [-0.3, -0.25) is 4.79 Å². The van der Waals surface area contributed by atoms with Gasteiger partial charge in [0.2, 0.25) is 5.91 Å². The molecule has 1 aromatic rings. The zero-order chi connectivity index (χ0) is 17.4. The summed E-state index contributed by atoms with van der Waals surface area (Å²) in [6.07, 6.45) is 3.49. The van der Waals surface area contributed by atoms with Gasteiger partial charge in [0.05, 0.1) is 12.9 Å². The number of rotatable bonds is 5. The number of methoxy groups -OCH3 is 1. The van der Waals surface area contributed by atoms with E-state index in [4.69, 9.17) is 4.74 Å². The van der Waals surface area contributed by atoms with Crippen molar-refractivity contribution < 1.29 is 9.53 Å². The van der Waals surface area contributed by atoms with E-state index in [9.17, 15) is 4.79 Å². The average molecular weight is 346 g/mol. The first-order chi connectivity index (χ1) is 11.4. The van der Waals surface area contributed by atoms with Crippen molar-refractivity contribution in [3.05, 3.63) is 24.3 Å². The van der Waals surface area contributed by atoms with Gasteiger partial charge in [-0.15, -0.1) is 11.8 Å². The lowest BCUT2D eigenvalue weighted by Gasteiger charge is -2.34. The molecule has 130 valence electrons. The third kappa shape index (κ3) is 2.94. The molecule has 2 fully saturated rings. The zero-order valence-corrected chi connectivity index (χ0v) is 15.7. The van der Waals surface area contributed by atoms with E-state index in [-0.39, 0.29) is 16.7 Å². The maximum atomic E-state index is 12.1. The van der Waals surface area contributed by atoms with Gasteiger partial charge in [0.25, 0.3) is 0 Å². The van der Waals surface area contributed by atoms with E-state index in [1.807, 2.05) is 24.3 Å². The normalized spacial score (nSPS) is 29.0. The highest BCUT2D eigenvalue weighted by Crippen LogP contribution is 2.63. The third-order valence-corrected chi connectivity index (χ3v) is 7.27. The maximum Gasteiger partial charge on any atom is 0.250 e. The number of hydrogen-bond donors (Lipinski definition) is 1. The van der Waals surface area contributed by atoms with Gasteiger partial charge in [0, 0.05) is 16.0 Å². The summed E-state index contributed by atoms with van der Waals surface area (Å²) in [6, 6.07) is 7.72. The molecule has 0 unspecified atom stereocenters. The number of hydrogen-bond acceptors (Lipinski definition) is 4. The van der Waals surface area contributed by atoms with Crippen molar-refractivity contribution in [3.63, 3.8) is 0 Å². The van der Waals surface area contributed by atoms with Crippen molar-refractivity contribution in [3.8, 4) is 5.75 Å². The van der Waals surface area contributed by atoms with Gasteiger partial charge >= 0.3 is 0 Å². The second-order valence-electron chi connectivity index (χ2n) is 7.55. The molecular weight excluding hydrogens is 320 g/mol. The van der Waals surface area contributed by atoms with Crippen molar-refractivity contribution in [2.75, 3.05) is 12.9 Å². The molecule has 4 nitrogen and oxygen atoms in total. The Morgan fingerprint density at radius 2 is 2.04 bits per heavy atom. The number of carbonyl (C=O) groups excluding carboxylic acids is 1. The molecule has 1 amide bonds. The Morgan fingerprint density at radius 3 is 2.58 bits per heavy atom. The fourth-order valence-electron chi connectivity index (χ4n) is 4.08. The Labute approximate surface area is 148 Å². The molecule has 3 rings (SSSR count). The lowest BCUT2D eigenvalue weighted by molar-refractivity contribution is -0.118. The molecule has 2 aliphatic rings. The molecule has 24 heavy (non-hydrogen) atoms. The van der Waals surface area contributed by atoms with Crippen LogP contribution in [-0.2, 0) is 4.79 Å². The monoisotopic (exact) mass is 346 g/mol. The number of benzene rings is 1. The first-order valence-corrected chi connectivity index (χ1v) is 9.48. The number of nitrogens with one attached hydrogen (secondary N) is 1. The van der Waals surface area contributed by atoms with Crippen molar-refractivity contribution in [2.45, 2.75) is 44.9 Å². The Bertz CT molecular complexity index is 654. The van der Waals surface area contributed by atoms with E-state index in [0.717, 1.165) is 17.1 Å². The van der Waals surface area contributed by atoms with Crippen LogP contribution < -0.4 is 10.2 Å². The van der Waals surface area contributed by atoms with E-state index in [1.165, 1.54) is 30.3 Å². The molecule has 2 atom stereocenters. The predicted molar refractivity (Wildman–Crippen MR) is 98.5 cm³/mol. The van der Waals surface area contributed by atoms with Gasteiger partial charge in [-0.05, 0) is 54.9 Å². The first-order valence-electron chi connectivity index (χ1n) is 8.49. The third-order valence-electron chi connectivity index (χ3n) is 6.26. The van der Waals surface area contributed by atoms with Crippen LogP contribution in [0.2, 0.25) is 0 Å². The van der Waals surface area contributed by atoms with E-state index < -0.39 is 0 Å². The van der Waals surface area contributed by atoms with Crippen LogP contribution in [0.3, 0.4) is 0 Å². The molecule has 0 saturated heterocycles. The van der Waals surface area contributed by atoms with E-state index in [2.05, 4.69) is 31.3 Å². The number of ether oxygens (including phenoxy) is 1. The molecule has 1 aromatic carbocycles. The molecule has 0 radical (unpaired) electrons. The van der Waals surface area contributed by atoms with E-state index >= 15 is 0 Å². The van der Waals surface area contributed by atoms with Crippen LogP contribution in [0.15, 0.2) is 34.3 Å². The van der Waals surface area contributed by atoms with Gasteiger partial charge in [-0.25, -0.2) is 5.43 Å². The Balaban J connectivity index is 1.54. The van der Waals surface area contributed by atoms with Crippen LogP contribution in [0.5, 0.6) is 5.75 Å². The number of fused-ring (bicyclic) bond motifs is 2. The van der Waals surface area contributed by atoms with E-state index in [1.54, 1.807) is 7.11 Å². The van der Waals surface area contributed by atoms with Gasteiger partial charge in [-0.2, -0.15) is 5.10 Å². The van der Waals surface area contributed by atoms with Crippen LogP contribution in [0, 0.1) is 16.7 Å². The first kappa shape index (κ1) is 17.3. The molecule has 2 saturated carbocycles. The molecule has 1 N–H and O–H groups in total. The molecule has 0 aliphatic heterocycles. The molecule has 5 heteroatoms. The summed E-state index contributed by atoms with van der Waals surface area (Å²) in [5, 5.41) is 4.50. The van der Waals surface area contributed by atoms with Crippen LogP contribution in [-0.4, -0.2) is 24.5 Å². The standard InChI is InChI=1S/C19H26N2O2S/c1-18(2)13-9-10-19(18,3)16(11-13)20-21-17(22)12-24-15-7-5-14(23-4)6-8-15/h5-8,13H,9-12H2,1-4H3,(H,21,22)/b20-16-/t13-,19-/m0/s1. The minimum absolute atomic E-state index is 0.0486. The molecule has 0 spiro atoms. The van der Waals surface area contributed by atoms with Gasteiger partial charge in [0.15, 0.2) is 0 Å². The lowest BCUT2D eigenvalue weighted by atomic mass is 9.70. The SMILES string of the molecule is COc1ccc(SCC(=O)N/N=C2/C[C@@H]3CC[C@]2(C)C3(C)C)cc1. The Morgan fingerprint density at radius 1 is 1.33 bits per heavy atom. The van der Waals surface area contributed by atoms with Crippen LogP contribution in [0.25, 0.3) is 0 Å². The van der Waals surface area contributed by atoms with Crippen molar-refractivity contribution in [2.24, 2.45) is 21.8 Å². The summed E-state index contributed by atoms with van der Waals surface area (Å²) in [5.74, 6) is 1.84. The number of amides is 1. The quantitative estimate of drug-likeness (QED) is 0.645. The molecule has 0 aromatic heterocycles. The summed E-state index contributed by atoms with van der Waals surface area (Å²) in [7, 11) is 1.65. The van der Waals surface area contributed by atoms with Gasteiger partial charge in [-0.1, -0.05) is 20.8 Å². The maximum absolute atomic E-state index is 12.1. The number of thioether (sulfide) groups is 1. The van der Waals surface area contributed by atoms with Crippen molar-refractivity contribution in [1.82, 2.24) is 5.43 Å². The highest BCUT2D eigenvalue weighted by Gasteiger charge is 2.59.